The standard InChI is InChI=1S/C20H26N2O5S2/c1-14(15-8-9-17(26-2)18(12-15)27-3)21-20(23)16-6-4-10-22(13-16)29(24,25)19-7-5-11-28-19/h5,7-9,11-12,14,16H,4,6,10,13H2,1-3H3,(H,21,23)/t14-,16-/m1/s1. The van der Waals surface area contributed by atoms with Gasteiger partial charge in [0.05, 0.1) is 26.2 Å². The van der Waals surface area contributed by atoms with Crippen LogP contribution < -0.4 is 14.8 Å². The number of benzene rings is 1. The number of sulfonamides is 1. The second-order valence-electron chi connectivity index (χ2n) is 6.98. The number of ether oxygens (including phenoxy) is 2. The predicted molar refractivity (Wildman–Crippen MR) is 112 cm³/mol. The Kier molecular flexibility index (Phi) is 6.81. The molecule has 0 aliphatic carbocycles. The van der Waals surface area contributed by atoms with E-state index in [9.17, 15) is 13.2 Å². The number of nitrogens with one attached hydrogen (secondary N) is 1. The van der Waals surface area contributed by atoms with Gasteiger partial charge in [0.2, 0.25) is 5.91 Å². The molecule has 1 fully saturated rings. The Morgan fingerprint density at radius 3 is 2.66 bits per heavy atom. The maximum atomic E-state index is 12.8. The van der Waals surface area contributed by atoms with Crippen molar-refractivity contribution in [1.29, 1.82) is 0 Å². The van der Waals surface area contributed by atoms with Crippen LogP contribution in [0, 0.1) is 5.92 Å². The van der Waals surface area contributed by atoms with E-state index in [1.165, 1.54) is 15.6 Å². The first kappa shape index (κ1) is 21.6. The van der Waals surface area contributed by atoms with Gasteiger partial charge in [0.15, 0.2) is 11.5 Å². The van der Waals surface area contributed by atoms with Gasteiger partial charge < -0.3 is 14.8 Å². The van der Waals surface area contributed by atoms with Gasteiger partial charge in [-0.25, -0.2) is 8.42 Å². The summed E-state index contributed by atoms with van der Waals surface area (Å²) in [6, 6.07) is 8.58. The van der Waals surface area contributed by atoms with Crippen molar-refractivity contribution in [1.82, 2.24) is 9.62 Å². The maximum absolute atomic E-state index is 12.8. The second kappa shape index (κ2) is 9.15. The third kappa shape index (κ3) is 4.73. The molecular formula is C20H26N2O5S2. The number of thiophene rings is 1. The maximum Gasteiger partial charge on any atom is 0.252 e. The van der Waals surface area contributed by atoms with Crippen LogP contribution in [0.25, 0.3) is 0 Å². The minimum Gasteiger partial charge on any atom is -0.493 e. The third-order valence-electron chi connectivity index (χ3n) is 5.11. The molecule has 0 radical (unpaired) electrons. The molecule has 158 valence electrons. The highest BCUT2D eigenvalue weighted by Gasteiger charge is 2.34. The first-order valence-electron chi connectivity index (χ1n) is 9.42. The molecule has 1 aliphatic rings. The van der Waals surface area contributed by atoms with Crippen molar-refractivity contribution in [2.75, 3.05) is 27.3 Å². The van der Waals surface area contributed by atoms with Gasteiger partial charge in [0, 0.05) is 13.1 Å². The summed E-state index contributed by atoms with van der Waals surface area (Å²) < 4.78 is 37.9. The monoisotopic (exact) mass is 438 g/mol. The number of carbonyl (C=O) groups excluding carboxylic acids is 1. The molecule has 0 saturated carbocycles. The summed E-state index contributed by atoms with van der Waals surface area (Å²) in [6.45, 7) is 2.53. The minimum atomic E-state index is -3.54. The van der Waals surface area contributed by atoms with Crippen LogP contribution in [-0.4, -0.2) is 45.9 Å². The number of piperidine rings is 1. The van der Waals surface area contributed by atoms with E-state index in [0.717, 1.165) is 5.56 Å². The Bertz CT molecular complexity index is 944. The lowest BCUT2D eigenvalue weighted by Crippen LogP contribution is -2.45. The van der Waals surface area contributed by atoms with Gasteiger partial charge in [-0.15, -0.1) is 11.3 Å². The molecule has 1 amide bonds. The van der Waals surface area contributed by atoms with Gasteiger partial charge in [0.1, 0.15) is 4.21 Å². The summed E-state index contributed by atoms with van der Waals surface area (Å²) in [5.41, 5.74) is 0.884. The van der Waals surface area contributed by atoms with Crippen molar-refractivity contribution >= 4 is 27.3 Å². The SMILES string of the molecule is COc1ccc([C@@H](C)NC(=O)[C@@H]2CCCN(S(=O)(=O)c3cccs3)C2)cc1OC. The molecule has 2 atom stereocenters. The van der Waals surface area contributed by atoms with E-state index in [-0.39, 0.29) is 24.4 Å². The van der Waals surface area contributed by atoms with Crippen molar-refractivity contribution in [3.05, 3.63) is 41.3 Å². The fourth-order valence-electron chi connectivity index (χ4n) is 3.45. The lowest BCUT2D eigenvalue weighted by molar-refractivity contribution is -0.126. The zero-order chi connectivity index (χ0) is 21.0. The summed E-state index contributed by atoms with van der Waals surface area (Å²) in [5.74, 6) is 0.702. The van der Waals surface area contributed by atoms with Crippen molar-refractivity contribution in [2.45, 2.75) is 30.0 Å². The second-order valence-corrected chi connectivity index (χ2v) is 10.1. The van der Waals surface area contributed by atoms with Gasteiger partial charge in [0.25, 0.3) is 10.0 Å². The highest BCUT2D eigenvalue weighted by molar-refractivity contribution is 7.91. The summed E-state index contributed by atoms with van der Waals surface area (Å²) in [7, 11) is -0.405. The van der Waals surface area contributed by atoms with Gasteiger partial charge in [-0.1, -0.05) is 12.1 Å². The largest absolute Gasteiger partial charge is 0.493 e. The Morgan fingerprint density at radius 1 is 1.24 bits per heavy atom. The number of carbonyl (C=O) groups is 1. The Morgan fingerprint density at radius 2 is 2.00 bits per heavy atom. The Hall–Kier alpha value is -2.10. The molecule has 1 N–H and O–H groups in total. The van der Waals surface area contributed by atoms with Crippen LogP contribution in [0.5, 0.6) is 11.5 Å². The highest BCUT2D eigenvalue weighted by atomic mass is 32.2. The first-order valence-corrected chi connectivity index (χ1v) is 11.7. The zero-order valence-corrected chi connectivity index (χ0v) is 18.4. The van der Waals surface area contributed by atoms with Crippen LogP contribution >= 0.6 is 11.3 Å². The van der Waals surface area contributed by atoms with Crippen molar-refractivity contribution in [2.24, 2.45) is 5.92 Å². The molecule has 9 heteroatoms. The van der Waals surface area contributed by atoms with Crippen LogP contribution in [0.2, 0.25) is 0 Å². The van der Waals surface area contributed by atoms with Crippen molar-refractivity contribution < 1.29 is 22.7 Å². The van der Waals surface area contributed by atoms with Crippen LogP contribution in [-0.2, 0) is 14.8 Å². The van der Waals surface area contributed by atoms with Crippen LogP contribution in [0.1, 0.15) is 31.4 Å². The Labute approximate surface area is 175 Å². The number of rotatable bonds is 7. The molecule has 0 spiro atoms. The molecule has 2 aromatic rings. The summed E-state index contributed by atoms with van der Waals surface area (Å²) in [5, 5.41) is 4.75. The number of hydrogen-bond acceptors (Lipinski definition) is 6. The molecule has 1 aromatic carbocycles. The first-order chi connectivity index (χ1) is 13.9. The van der Waals surface area contributed by atoms with Gasteiger partial charge in [-0.3, -0.25) is 4.79 Å². The Balaban J connectivity index is 1.67. The van der Waals surface area contributed by atoms with Gasteiger partial charge >= 0.3 is 0 Å². The van der Waals surface area contributed by atoms with Crippen molar-refractivity contribution in [3.63, 3.8) is 0 Å². The molecule has 1 saturated heterocycles. The summed E-state index contributed by atoms with van der Waals surface area (Å²) >= 11 is 1.20. The number of methoxy groups -OCH3 is 2. The van der Waals surface area contributed by atoms with Gasteiger partial charge in [-0.2, -0.15) is 4.31 Å². The minimum absolute atomic E-state index is 0.140. The molecule has 0 bridgehead atoms. The lowest BCUT2D eigenvalue weighted by Gasteiger charge is -2.31. The molecular weight excluding hydrogens is 412 g/mol. The van der Waals surface area contributed by atoms with Crippen molar-refractivity contribution in [3.8, 4) is 11.5 Å². The van der Waals surface area contributed by atoms with E-state index in [0.29, 0.717) is 35.1 Å². The van der Waals surface area contributed by atoms with Crippen LogP contribution in [0.4, 0.5) is 0 Å². The smallest absolute Gasteiger partial charge is 0.252 e. The highest BCUT2D eigenvalue weighted by Crippen LogP contribution is 2.31. The molecule has 1 aliphatic heterocycles. The molecule has 29 heavy (non-hydrogen) atoms. The van der Waals surface area contributed by atoms with Crippen LogP contribution in [0.3, 0.4) is 0 Å². The molecule has 3 rings (SSSR count). The predicted octanol–water partition coefficient (Wildman–Crippen LogP) is 3.04. The molecule has 2 heterocycles. The molecule has 7 nitrogen and oxygen atoms in total. The fourth-order valence-corrected chi connectivity index (χ4v) is 6.12. The lowest BCUT2D eigenvalue weighted by atomic mass is 9.98. The number of hydrogen-bond donors (Lipinski definition) is 1. The summed E-state index contributed by atoms with van der Waals surface area (Å²) in [4.78, 5) is 12.8. The van der Waals surface area contributed by atoms with Crippen LogP contribution in [0.15, 0.2) is 39.9 Å². The quantitative estimate of drug-likeness (QED) is 0.718. The topological polar surface area (TPSA) is 84.9 Å². The normalized spacial score (nSPS) is 18.8. The number of nitrogens with zero attached hydrogens (tertiary/aromatic N) is 1. The molecule has 1 aromatic heterocycles. The van der Waals surface area contributed by atoms with E-state index >= 15 is 0 Å². The van der Waals surface area contributed by atoms with E-state index in [2.05, 4.69) is 5.32 Å². The number of amides is 1. The fraction of sp³-hybridized carbons (Fsp3) is 0.450. The van der Waals surface area contributed by atoms with E-state index in [1.807, 2.05) is 19.1 Å². The van der Waals surface area contributed by atoms with E-state index in [4.69, 9.17) is 9.47 Å². The third-order valence-corrected chi connectivity index (χ3v) is 8.35. The average molecular weight is 439 g/mol. The van der Waals surface area contributed by atoms with E-state index in [1.54, 1.807) is 37.8 Å². The van der Waals surface area contributed by atoms with Gasteiger partial charge in [-0.05, 0) is 48.9 Å². The average Bonchev–Trinajstić information content (AvgIpc) is 3.29. The van der Waals surface area contributed by atoms with E-state index < -0.39 is 10.0 Å². The molecule has 0 unspecified atom stereocenters. The zero-order valence-electron chi connectivity index (χ0n) is 16.8. The summed E-state index contributed by atoms with van der Waals surface area (Å²) in [6.07, 6.45) is 1.33.